The highest BCUT2D eigenvalue weighted by Crippen LogP contribution is 2.23. The van der Waals surface area contributed by atoms with Crippen LogP contribution in [0.4, 0.5) is 10.5 Å². The summed E-state index contributed by atoms with van der Waals surface area (Å²) in [5.74, 6) is 1.24. The maximum atomic E-state index is 11.8. The highest BCUT2D eigenvalue weighted by Gasteiger charge is 2.07. The fourth-order valence-corrected chi connectivity index (χ4v) is 1.72. The molecule has 0 unspecified atom stereocenters. The van der Waals surface area contributed by atoms with Gasteiger partial charge in [-0.2, -0.15) is 0 Å². The van der Waals surface area contributed by atoms with E-state index in [0.29, 0.717) is 37.1 Å². The van der Waals surface area contributed by atoms with Crippen LogP contribution in [0.25, 0.3) is 0 Å². The Kier molecular flexibility index (Phi) is 8.28. The summed E-state index contributed by atoms with van der Waals surface area (Å²) < 4.78 is 10.6. The van der Waals surface area contributed by atoms with E-state index in [1.165, 1.54) is 0 Å². The lowest BCUT2D eigenvalue weighted by Gasteiger charge is -2.13. The Morgan fingerprint density at radius 1 is 1.24 bits per heavy atom. The van der Waals surface area contributed by atoms with E-state index in [0.717, 1.165) is 12.8 Å². The molecule has 21 heavy (non-hydrogen) atoms. The first kappa shape index (κ1) is 17.3. The first-order chi connectivity index (χ1) is 10.1. The van der Waals surface area contributed by atoms with Gasteiger partial charge in [-0.15, -0.1) is 0 Å². The number of amides is 2. The first-order valence-corrected chi connectivity index (χ1v) is 7.39. The Hall–Kier alpha value is -1.75. The fraction of sp³-hybridized carbons (Fsp3) is 0.562. The van der Waals surface area contributed by atoms with Crippen LogP contribution in [0, 0.1) is 5.92 Å². The van der Waals surface area contributed by atoms with E-state index in [9.17, 15) is 4.79 Å². The zero-order valence-corrected chi connectivity index (χ0v) is 13.1. The van der Waals surface area contributed by atoms with Crippen molar-refractivity contribution in [1.29, 1.82) is 0 Å². The molecule has 0 aromatic heterocycles. The minimum Gasteiger partial charge on any atom is -0.491 e. The summed E-state index contributed by atoms with van der Waals surface area (Å²) in [6.07, 6.45) is 1.77. The van der Waals surface area contributed by atoms with Crippen LogP contribution in [0.1, 0.15) is 26.7 Å². The van der Waals surface area contributed by atoms with Gasteiger partial charge < -0.3 is 20.1 Å². The average Bonchev–Trinajstić information content (AvgIpc) is 2.45. The topological polar surface area (TPSA) is 59.6 Å². The van der Waals surface area contributed by atoms with E-state index in [2.05, 4.69) is 24.5 Å². The van der Waals surface area contributed by atoms with Crippen molar-refractivity contribution >= 4 is 11.7 Å². The molecule has 1 rings (SSSR count). The molecule has 0 bridgehead atoms. The predicted octanol–water partition coefficient (Wildman–Crippen LogP) is 3.27. The Labute approximate surface area is 127 Å². The Bertz CT molecular complexity index is 422. The number of para-hydroxylation sites is 2. The van der Waals surface area contributed by atoms with Gasteiger partial charge >= 0.3 is 6.03 Å². The molecular weight excluding hydrogens is 268 g/mol. The van der Waals surface area contributed by atoms with Crippen molar-refractivity contribution in [3.63, 3.8) is 0 Å². The Balaban J connectivity index is 2.44. The predicted molar refractivity (Wildman–Crippen MR) is 84.9 cm³/mol. The van der Waals surface area contributed by atoms with E-state index in [4.69, 9.17) is 9.47 Å². The Morgan fingerprint density at radius 2 is 2.00 bits per heavy atom. The van der Waals surface area contributed by atoms with Crippen LogP contribution in [0.2, 0.25) is 0 Å². The second-order valence-corrected chi connectivity index (χ2v) is 5.25. The third-order valence-corrected chi connectivity index (χ3v) is 2.89. The molecule has 0 heterocycles. The van der Waals surface area contributed by atoms with Crippen LogP contribution in [0.15, 0.2) is 24.3 Å². The van der Waals surface area contributed by atoms with Gasteiger partial charge in [0.1, 0.15) is 5.75 Å². The summed E-state index contributed by atoms with van der Waals surface area (Å²) in [4.78, 5) is 11.8. The summed E-state index contributed by atoms with van der Waals surface area (Å²) in [6.45, 7) is 6.14. The number of carbonyl (C=O) groups is 1. The zero-order chi connectivity index (χ0) is 15.5. The molecule has 1 aromatic carbocycles. The van der Waals surface area contributed by atoms with Crippen molar-refractivity contribution in [3.05, 3.63) is 24.3 Å². The maximum absolute atomic E-state index is 11.8. The molecule has 1 aromatic rings. The van der Waals surface area contributed by atoms with Crippen molar-refractivity contribution in [2.24, 2.45) is 5.92 Å². The molecule has 0 aliphatic heterocycles. The molecule has 5 heteroatoms. The van der Waals surface area contributed by atoms with Crippen molar-refractivity contribution in [1.82, 2.24) is 5.32 Å². The van der Waals surface area contributed by atoms with E-state index in [1.807, 2.05) is 24.3 Å². The van der Waals surface area contributed by atoms with Crippen LogP contribution in [-0.2, 0) is 4.74 Å². The molecular formula is C16H26N2O3. The normalized spacial score (nSPS) is 10.5. The molecule has 5 nitrogen and oxygen atoms in total. The van der Waals surface area contributed by atoms with Gasteiger partial charge in [0.25, 0.3) is 0 Å². The van der Waals surface area contributed by atoms with Crippen LogP contribution in [0.3, 0.4) is 0 Å². The van der Waals surface area contributed by atoms with Gasteiger partial charge in [-0.1, -0.05) is 26.0 Å². The van der Waals surface area contributed by atoms with Gasteiger partial charge in [0.05, 0.1) is 12.3 Å². The smallest absolute Gasteiger partial charge is 0.319 e. The summed E-state index contributed by atoms with van der Waals surface area (Å²) in [7, 11) is 1.66. The number of ether oxygens (including phenoxy) is 2. The monoisotopic (exact) mass is 294 g/mol. The van der Waals surface area contributed by atoms with Crippen LogP contribution >= 0.6 is 0 Å². The number of hydrogen-bond donors (Lipinski definition) is 2. The molecule has 118 valence electrons. The fourth-order valence-electron chi connectivity index (χ4n) is 1.72. The molecule has 0 radical (unpaired) electrons. The van der Waals surface area contributed by atoms with E-state index >= 15 is 0 Å². The quantitative estimate of drug-likeness (QED) is 0.687. The molecule has 0 fully saturated rings. The summed E-state index contributed by atoms with van der Waals surface area (Å²) in [5.41, 5.74) is 0.678. The van der Waals surface area contributed by atoms with Gasteiger partial charge in [-0.25, -0.2) is 4.79 Å². The minimum absolute atomic E-state index is 0.205. The summed E-state index contributed by atoms with van der Waals surface area (Å²) >= 11 is 0. The third-order valence-electron chi connectivity index (χ3n) is 2.89. The van der Waals surface area contributed by atoms with Crippen LogP contribution < -0.4 is 15.4 Å². The number of carbonyl (C=O) groups excluding carboxylic acids is 1. The summed E-state index contributed by atoms with van der Waals surface area (Å²) in [6, 6.07) is 7.22. The van der Waals surface area contributed by atoms with Crippen molar-refractivity contribution in [2.45, 2.75) is 26.7 Å². The lowest BCUT2D eigenvalue weighted by atomic mass is 10.1. The third kappa shape index (κ3) is 7.56. The van der Waals surface area contributed by atoms with Crippen molar-refractivity contribution < 1.29 is 14.3 Å². The number of anilines is 1. The maximum Gasteiger partial charge on any atom is 0.319 e. The molecule has 0 saturated carbocycles. The molecule has 0 aliphatic rings. The molecule has 0 saturated heterocycles. The molecule has 2 N–H and O–H groups in total. The molecule has 0 aliphatic carbocycles. The van der Waals surface area contributed by atoms with E-state index < -0.39 is 0 Å². The average molecular weight is 294 g/mol. The van der Waals surface area contributed by atoms with Crippen molar-refractivity contribution in [2.75, 3.05) is 32.2 Å². The highest BCUT2D eigenvalue weighted by atomic mass is 16.5. The number of rotatable bonds is 9. The van der Waals surface area contributed by atoms with Crippen LogP contribution in [0.5, 0.6) is 5.75 Å². The lowest BCUT2D eigenvalue weighted by molar-refractivity contribution is 0.172. The minimum atomic E-state index is -0.205. The SMILES string of the molecule is COCCCOc1ccccc1NC(=O)NCCC(C)C. The van der Waals surface area contributed by atoms with Gasteiger partial charge in [-0.05, 0) is 24.5 Å². The number of nitrogens with one attached hydrogen (secondary N) is 2. The second kappa shape index (κ2) is 10.0. The number of methoxy groups -OCH3 is 1. The molecule has 0 spiro atoms. The van der Waals surface area contributed by atoms with E-state index in [-0.39, 0.29) is 6.03 Å². The summed E-state index contributed by atoms with van der Waals surface area (Å²) in [5, 5.41) is 5.66. The first-order valence-electron chi connectivity index (χ1n) is 7.39. The highest BCUT2D eigenvalue weighted by molar-refractivity contribution is 5.90. The molecule has 0 atom stereocenters. The number of benzene rings is 1. The molecule has 2 amide bonds. The number of urea groups is 1. The standard InChI is InChI=1S/C16H26N2O3/c1-13(2)9-10-17-16(19)18-14-7-4-5-8-15(14)21-12-6-11-20-3/h4-5,7-8,13H,6,9-12H2,1-3H3,(H2,17,18,19). The van der Waals surface area contributed by atoms with Crippen LogP contribution in [-0.4, -0.2) is 32.9 Å². The van der Waals surface area contributed by atoms with E-state index in [1.54, 1.807) is 7.11 Å². The zero-order valence-electron chi connectivity index (χ0n) is 13.1. The lowest BCUT2D eigenvalue weighted by Crippen LogP contribution is -2.30. The second-order valence-electron chi connectivity index (χ2n) is 5.25. The van der Waals surface area contributed by atoms with Crippen molar-refractivity contribution in [3.8, 4) is 5.75 Å². The van der Waals surface area contributed by atoms with Gasteiger partial charge in [0, 0.05) is 26.7 Å². The van der Waals surface area contributed by atoms with Gasteiger partial charge in [0.2, 0.25) is 0 Å². The van der Waals surface area contributed by atoms with Gasteiger partial charge in [0.15, 0.2) is 0 Å². The Morgan fingerprint density at radius 3 is 2.71 bits per heavy atom. The number of hydrogen-bond acceptors (Lipinski definition) is 3. The largest absolute Gasteiger partial charge is 0.491 e. The van der Waals surface area contributed by atoms with Gasteiger partial charge in [-0.3, -0.25) is 0 Å².